The molecular formula is C14H15N5O. The number of anilines is 1. The van der Waals surface area contributed by atoms with E-state index in [0.717, 1.165) is 18.1 Å². The van der Waals surface area contributed by atoms with Crippen LogP contribution < -0.4 is 10.9 Å². The molecule has 6 heteroatoms. The highest BCUT2D eigenvalue weighted by Gasteiger charge is 2.05. The summed E-state index contributed by atoms with van der Waals surface area (Å²) in [5.74, 6) is 1.16. The number of nitrogens with zero attached hydrogens (tertiary/aromatic N) is 3. The van der Waals surface area contributed by atoms with Crippen molar-refractivity contribution in [1.29, 1.82) is 0 Å². The monoisotopic (exact) mass is 269 g/mol. The second-order valence-electron chi connectivity index (χ2n) is 4.58. The molecule has 2 aromatic heterocycles. The van der Waals surface area contributed by atoms with Gasteiger partial charge in [0.15, 0.2) is 0 Å². The van der Waals surface area contributed by atoms with Crippen LogP contribution in [0.3, 0.4) is 0 Å². The topological polar surface area (TPSA) is 75.1 Å². The third-order valence-corrected chi connectivity index (χ3v) is 2.97. The molecule has 1 aromatic carbocycles. The smallest absolute Gasteiger partial charge is 0.274 e. The van der Waals surface area contributed by atoms with Gasteiger partial charge in [-0.15, -0.1) is 0 Å². The van der Waals surface area contributed by atoms with Crippen molar-refractivity contribution in [2.24, 2.45) is 0 Å². The molecule has 0 saturated heterocycles. The van der Waals surface area contributed by atoms with E-state index in [2.05, 4.69) is 20.4 Å². The number of aryl methyl sites for hydroxylation is 1. The van der Waals surface area contributed by atoms with Crippen LogP contribution >= 0.6 is 0 Å². The SMILES string of the molecule is Cc1cc(=O)n2[nH]c(CCNc3ccccc3)nc2n1. The molecule has 0 saturated carbocycles. The van der Waals surface area contributed by atoms with Gasteiger partial charge in [0.05, 0.1) is 0 Å². The molecule has 0 radical (unpaired) electrons. The van der Waals surface area contributed by atoms with Crippen LogP contribution in [0.4, 0.5) is 5.69 Å². The summed E-state index contributed by atoms with van der Waals surface area (Å²) in [6.45, 7) is 2.52. The van der Waals surface area contributed by atoms with Crippen molar-refractivity contribution in [3.8, 4) is 0 Å². The van der Waals surface area contributed by atoms with Crippen LogP contribution in [0.25, 0.3) is 5.78 Å². The van der Waals surface area contributed by atoms with Gasteiger partial charge in [-0.1, -0.05) is 18.2 Å². The summed E-state index contributed by atoms with van der Waals surface area (Å²) in [5.41, 5.74) is 1.60. The Morgan fingerprint density at radius 1 is 1.25 bits per heavy atom. The average Bonchev–Trinajstić information content (AvgIpc) is 2.83. The first kappa shape index (κ1) is 12.4. The van der Waals surface area contributed by atoms with Gasteiger partial charge in [-0.25, -0.2) is 4.98 Å². The van der Waals surface area contributed by atoms with Gasteiger partial charge in [0.2, 0.25) is 0 Å². The van der Waals surface area contributed by atoms with Gasteiger partial charge >= 0.3 is 0 Å². The lowest BCUT2D eigenvalue weighted by Crippen LogP contribution is -2.14. The van der Waals surface area contributed by atoms with Crippen molar-refractivity contribution in [1.82, 2.24) is 19.6 Å². The standard InChI is InChI=1S/C14H15N5O/c1-10-9-13(20)19-14(16-10)17-12(18-19)7-8-15-11-5-3-2-4-6-11/h2-6,9,15H,7-8H2,1H3,(H,16,17,18). The van der Waals surface area contributed by atoms with Gasteiger partial charge in [0.25, 0.3) is 11.3 Å². The molecule has 6 nitrogen and oxygen atoms in total. The van der Waals surface area contributed by atoms with Crippen LogP contribution in [-0.4, -0.2) is 26.1 Å². The predicted octanol–water partition coefficient (Wildman–Crippen LogP) is 1.38. The summed E-state index contributed by atoms with van der Waals surface area (Å²) >= 11 is 0. The molecule has 20 heavy (non-hydrogen) atoms. The fourth-order valence-electron chi connectivity index (χ4n) is 2.03. The van der Waals surface area contributed by atoms with Gasteiger partial charge in [0, 0.05) is 30.4 Å². The Bertz CT molecular complexity index is 775. The number of aromatic amines is 1. The maximum absolute atomic E-state index is 11.7. The van der Waals surface area contributed by atoms with Gasteiger partial charge in [-0.2, -0.15) is 9.50 Å². The average molecular weight is 269 g/mol. The lowest BCUT2D eigenvalue weighted by atomic mass is 10.3. The van der Waals surface area contributed by atoms with E-state index in [9.17, 15) is 4.79 Å². The molecule has 0 atom stereocenters. The summed E-state index contributed by atoms with van der Waals surface area (Å²) < 4.78 is 1.37. The van der Waals surface area contributed by atoms with Crippen LogP contribution in [0.15, 0.2) is 41.2 Å². The van der Waals surface area contributed by atoms with Gasteiger partial charge < -0.3 is 5.32 Å². The highest BCUT2D eigenvalue weighted by molar-refractivity contribution is 5.42. The van der Waals surface area contributed by atoms with E-state index in [-0.39, 0.29) is 5.56 Å². The lowest BCUT2D eigenvalue weighted by molar-refractivity contribution is 0.835. The number of hydrogen-bond acceptors (Lipinski definition) is 4. The minimum absolute atomic E-state index is 0.137. The second kappa shape index (κ2) is 5.16. The van der Waals surface area contributed by atoms with Crippen LogP contribution in [0, 0.1) is 6.92 Å². The third kappa shape index (κ3) is 2.54. The number of aromatic nitrogens is 4. The first-order chi connectivity index (χ1) is 9.72. The lowest BCUT2D eigenvalue weighted by Gasteiger charge is -2.03. The van der Waals surface area contributed by atoms with Gasteiger partial charge in [-0.3, -0.25) is 9.89 Å². The molecule has 0 aliphatic carbocycles. The zero-order chi connectivity index (χ0) is 13.9. The highest BCUT2D eigenvalue weighted by atomic mass is 16.1. The Hall–Kier alpha value is -2.63. The first-order valence-electron chi connectivity index (χ1n) is 6.46. The molecule has 0 fully saturated rings. The number of para-hydroxylation sites is 1. The molecule has 2 heterocycles. The minimum atomic E-state index is -0.137. The normalized spacial score (nSPS) is 10.8. The number of benzene rings is 1. The van der Waals surface area contributed by atoms with Gasteiger partial charge in [-0.05, 0) is 19.1 Å². The molecule has 0 aliphatic rings. The van der Waals surface area contributed by atoms with E-state index in [1.807, 2.05) is 30.3 Å². The molecule has 3 rings (SSSR count). The van der Waals surface area contributed by atoms with Crippen molar-refractivity contribution >= 4 is 11.5 Å². The molecule has 0 amide bonds. The summed E-state index contributed by atoms with van der Waals surface area (Å²) in [6.07, 6.45) is 0.691. The Labute approximate surface area is 115 Å². The maximum atomic E-state index is 11.7. The molecule has 2 N–H and O–H groups in total. The Balaban J connectivity index is 1.72. The Morgan fingerprint density at radius 3 is 2.85 bits per heavy atom. The Kier molecular flexibility index (Phi) is 3.20. The van der Waals surface area contributed by atoms with Crippen LogP contribution in [0.5, 0.6) is 0 Å². The van der Waals surface area contributed by atoms with Crippen molar-refractivity contribution in [2.75, 3.05) is 11.9 Å². The number of H-pyrrole nitrogens is 1. The highest BCUT2D eigenvalue weighted by Crippen LogP contribution is 2.05. The largest absolute Gasteiger partial charge is 0.385 e. The van der Waals surface area contributed by atoms with E-state index in [1.165, 1.54) is 10.6 Å². The maximum Gasteiger partial charge on any atom is 0.274 e. The number of hydrogen-bond donors (Lipinski definition) is 2. The predicted molar refractivity (Wildman–Crippen MR) is 77.0 cm³/mol. The zero-order valence-corrected chi connectivity index (χ0v) is 11.1. The number of fused-ring (bicyclic) bond motifs is 1. The van der Waals surface area contributed by atoms with Gasteiger partial charge in [0.1, 0.15) is 5.82 Å². The summed E-state index contributed by atoms with van der Waals surface area (Å²) in [5, 5.41) is 6.26. The van der Waals surface area contributed by atoms with E-state index >= 15 is 0 Å². The Morgan fingerprint density at radius 2 is 2.05 bits per heavy atom. The van der Waals surface area contributed by atoms with Crippen LogP contribution in [0.1, 0.15) is 11.5 Å². The van der Waals surface area contributed by atoms with E-state index in [1.54, 1.807) is 6.92 Å². The van der Waals surface area contributed by atoms with E-state index in [4.69, 9.17) is 0 Å². The molecule has 0 spiro atoms. The minimum Gasteiger partial charge on any atom is -0.385 e. The quantitative estimate of drug-likeness (QED) is 0.750. The van der Waals surface area contributed by atoms with Crippen LogP contribution in [-0.2, 0) is 6.42 Å². The third-order valence-electron chi connectivity index (χ3n) is 2.97. The number of nitrogens with one attached hydrogen (secondary N) is 2. The molecule has 0 bridgehead atoms. The fraction of sp³-hybridized carbons (Fsp3) is 0.214. The summed E-state index contributed by atoms with van der Waals surface area (Å²) in [6, 6.07) is 11.4. The summed E-state index contributed by atoms with van der Waals surface area (Å²) in [7, 11) is 0. The van der Waals surface area contributed by atoms with E-state index in [0.29, 0.717) is 17.9 Å². The second-order valence-corrected chi connectivity index (χ2v) is 4.58. The van der Waals surface area contributed by atoms with Crippen LogP contribution in [0.2, 0.25) is 0 Å². The fourth-order valence-corrected chi connectivity index (χ4v) is 2.03. The zero-order valence-electron chi connectivity index (χ0n) is 11.1. The van der Waals surface area contributed by atoms with Crippen molar-refractivity contribution in [3.63, 3.8) is 0 Å². The van der Waals surface area contributed by atoms with Crippen molar-refractivity contribution < 1.29 is 0 Å². The molecule has 3 aromatic rings. The van der Waals surface area contributed by atoms with E-state index < -0.39 is 0 Å². The molecular weight excluding hydrogens is 254 g/mol. The number of rotatable bonds is 4. The molecule has 0 aliphatic heterocycles. The molecule has 0 unspecified atom stereocenters. The summed E-state index contributed by atoms with van der Waals surface area (Å²) in [4.78, 5) is 20.3. The van der Waals surface area contributed by atoms with Crippen molar-refractivity contribution in [3.05, 3.63) is 58.3 Å². The van der Waals surface area contributed by atoms with Crippen molar-refractivity contribution in [2.45, 2.75) is 13.3 Å². The first-order valence-corrected chi connectivity index (χ1v) is 6.46. The molecule has 102 valence electrons.